The summed E-state index contributed by atoms with van der Waals surface area (Å²) in [5.74, 6) is 1.69. The van der Waals surface area contributed by atoms with Crippen molar-refractivity contribution >= 4 is 5.91 Å². The first-order valence-electron chi connectivity index (χ1n) is 7.91. The fourth-order valence-corrected chi connectivity index (χ4v) is 3.42. The standard InChI is InChI=1S/C15H29N3O/c1-12-5-8-18(9-6-12)10-7-17-15(19)14-4-2-3-13(14)11-16/h12-14H,2-11,16H2,1H3,(H,17,19). The van der Waals surface area contributed by atoms with E-state index in [-0.39, 0.29) is 11.8 Å². The van der Waals surface area contributed by atoms with Crippen LogP contribution in [0.15, 0.2) is 0 Å². The fourth-order valence-electron chi connectivity index (χ4n) is 3.42. The summed E-state index contributed by atoms with van der Waals surface area (Å²) in [6.45, 7) is 7.14. The van der Waals surface area contributed by atoms with E-state index in [9.17, 15) is 4.79 Å². The first-order valence-corrected chi connectivity index (χ1v) is 7.91. The third-order valence-electron chi connectivity index (χ3n) is 4.90. The second kappa shape index (κ2) is 7.25. The Morgan fingerprint density at radius 1 is 1.26 bits per heavy atom. The van der Waals surface area contributed by atoms with Crippen molar-refractivity contribution in [3.63, 3.8) is 0 Å². The summed E-state index contributed by atoms with van der Waals surface area (Å²) >= 11 is 0. The van der Waals surface area contributed by atoms with E-state index in [0.717, 1.165) is 38.3 Å². The second-order valence-electron chi connectivity index (χ2n) is 6.35. The Balaban J connectivity index is 1.64. The highest BCUT2D eigenvalue weighted by atomic mass is 16.1. The molecule has 0 bridgehead atoms. The first kappa shape index (κ1) is 14.8. The fraction of sp³-hybridized carbons (Fsp3) is 0.933. The number of likely N-dealkylation sites (tertiary alicyclic amines) is 1. The Morgan fingerprint density at radius 3 is 2.68 bits per heavy atom. The van der Waals surface area contributed by atoms with Gasteiger partial charge in [-0.05, 0) is 57.2 Å². The van der Waals surface area contributed by atoms with Gasteiger partial charge in [0.15, 0.2) is 0 Å². The summed E-state index contributed by atoms with van der Waals surface area (Å²) in [6.07, 6.45) is 5.90. The number of hydrogen-bond donors (Lipinski definition) is 2. The number of piperidine rings is 1. The average molecular weight is 267 g/mol. The Labute approximate surface area is 117 Å². The van der Waals surface area contributed by atoms with Crippen LogP contribution in [0.25, 0.3) is 0 Å². The molecule has 1 heterocycles. The van der Waals surface area contributed by atoms with Crippen molar-refractivity contribution in [1.82, 2.24) is 10.2 Å². The van der Waals surface area contributed by atoms with Crippen molar-refractivity contribution in [2.75, 3.05) is 32.7 Å². The molecule has 1 saturated heterocycles. The van der Waals surface area contributed by atoms with Crippen LogP contribution in [-0.4, -0.2) is 43.5 Å². The molecule has 4 heteroatoms. The van der Waals surface area contributed by atoms with Crippen LogP contribution in [0.1, 0.15) is 39.0 Å². The molecule has 2 atom stereocenters. The predicted octanol–water partition coefficient (Wildman–Crippen LogP) is 1.21. The monoisotopic (exact) mass is 267 g/mol. The quantitative estimate of drug-likeness (QED) is 0.787. The van der Waals surface area contributed by atoms with E-state index in [1.54, 1.807) is 0 Å². The molecule has 1 amide bonds. The predicted molar refractivity (Wildman–Crippen MR) is 77.7 cm³/mol. The van der Waals surface area contributed by atoms with Crippen LogP contribution in [0.5, 0.6) is 0 Å². The second-order valence-corrected chi connectivity index (χ2v) is 6.35. The lowest BCUT2D eigenvalue weighted by Gasteiger charge is -2.30. The first-order chi connectivity index (χ1) is 9.20. The van der Waals surface area contributed by atoms with Gasteiger partial charge < -0.3 is 16.0 Å². The van der Waals surface area contributed by atoms with E-state index < -0.39 is 0 Å². The van der Waals surface area contributed by atoms with Gasteiger partial charge in [-0.15, -0.1) is 0 Å². The average Bonchev–Trinajstić information content (AvgIpc) is 2.89. The molecule has 3 N–H and O–H groups in total. The molecular weight excluding hydrogens is 238 g/mol. The zero-order valence-corrected chi connectivity index (χ0v) is 12.2. The highest BCUT2D eigenvalue weighted by Crippen LogP contribution is 2.30. The number of carbonyl (C=O) groups excluding carboxylic acids is 1. The van der Waals surface area contributed by atoms with E-state index in [1.807, 2.05) is 0 Å². The number of amides is 1. The largest absolute Gasteiger partial charge is 0.355 e. The minimum Gasteiger partial charge on any atom is -0.355 e. The Morgan fingerprint density at radius 2 is 2.00 bits per heavy atom. The van der Waals surface area contributed by atoms with Gasteiger partial charge in [-0.1, -0.05) is 13.3 Å². The van der Waals surface area contributed by atoms with Gasteiger partial charge in [0.1, 0.15) is 0 Å². The zero-order chi connectivity index (χ0) is 13.7. The molecule has 1 saturated carbocycles. The van der Waals surface area contributed by atoms with Crippen LogP contribution in [0.2, 0.25) is 0 Å². The Bertz CT molecular complexity index is 287. The Kier molecular flexibility index (Phi) is 5.64. The molecule has 2 rings (SSSR count). The van der Waals surface area contributed by atoms with Crippen molar-refractivity contribution in [1.29, 1.82) is 0 Å². The highest BCUT2D eigenvalue weighted by Gasteiger charge is 2.31. The molecule has 0 spiro atoms. The Hall–Kier alpha value is -0.610. The normalized spacial score (nSPS) is 29.6. The number of nitrogens with zero attached hydrogens (tertiary/aromatic N) is 1. The third kappa shape index (κ3) is 4.18. The zero-order valence-electron chi connectivity index (χ0n) is 12.2. The van der Waals surface area contributed by atoms with Crippen LogP contribution in [0.4, 0.5) is 0 Å². The van der Waals surface area contributed by atoms with Gasteiger partial charge in [0, 0.05) is 19.0 Å². The molecule has 0 aromatic carbocycles. The van der Waals surface area contributed by atoms with Crippen LogP contribution in [0.3, 0.4) is 0 Å². The van der Waals surface area contributed by atoms with E-state index in [1.165, 1.54) is 25.9 Å². The molecule has 19 heavy (non-hydrogen) atoms. The molecule has 0 aromatic rings. The van der Waals surface area contributed by atoms with Gasteiger partial charge in [-0.2, -0.15) is 0 Å². The molecule has 2 fully saturated rings. The number of carbonyl (C=O) groups is 1. The molecule has 2 aliphatic rings. The van der Waals surface area contributed by atoms with Crippen LogP contribution in [0, 0.1) is 17.8 Å². The van der Waals surface area contributed by atoms with Gasteiger partial charge in [0.25, 0.3) is 0 Å². The summed E-state index contributed by atoms with van der Waals surface area (Å²) in [6, 6.07) is 0. The van der Waals surface area contributed by atoms with Crippen molar-refractivity contribution in [3.05, 3.63) is 0 Å². The summed E-state index contributed by atoms with van der Waals surface area (Å²) in [7, 11) is 0. The topological polar surface area (TPSA) is 58.4 Å². The molecule has 4 nitrogen and oxygen atoms in total. The number of rotatable bonds is 5. The third-order valence-corrected chi connectivity index (χ3v) is 4.90. The van der Waals surface area contributed by atoms with E-state index >= 15 is 0 Å². The number of hydrogen-bond acceptors (Lipinski definition) is 3. The molecule has 0 radical (unpaired) electrons. The maximum atomic E-state index is 12.1. The van der Waals surface area contributed by atoms with Crippen molar-refractivity contribution in [2.45, 2.75) is 39.0 Å². The van der Waals surface area contributed by atoms with Crippen LogP contribution < -0.4 is 11.1 Å². The van der Waals surface area contributed by atoms with E-state index in [0.29, 0.717) is 12.5 Å². The van der Waals surface area contributed by atoms with Gasteiger partial charge in [0.05, 0.1) is 0 Å². The van der Waals surface area contributed by atoms with E-state index in [2.05, 4.69) is 17.1 Å². The van der Waals surface area contributed by atoms with Gasteiger partial charge in [-0.25, -0.2) is 0 Å². The van der Waals surface area contributed by atoms with Crippen molar-refractivity contribution < 1.29 is 4.79 Å². The minimum absolute atomic E-state index is 0.173. The SMILES string of the molecule is CC1CCN(CCNC(=O)C2CCCC2CN)CC1. The molecule has 0 aromatic heterocycles. The smallest absolute Gasteiger partial charge is 0.223 e. The molecular formula is C15H29N3O. The lowest BCUT2D eigenvalue weighted by molar-refractivity contribution is -0.126. The van der Waals surface area contributed by atoms with Gasteiger partial charge in [0.2, 0.25) is 5.91 Å². The maximum absolute atomic E-state index is 12.1. The number of nitrogens with two attached hydrogens (primary N) is 1. The van der Waals surface area contributed by atoms with Gasteiger partial charge >= 0.3 is 0 Å². The maximum Gasteiger partial charge on any atom is 0.223 e. The summed E-state index contributed by atoms with van der Waals surface area (Å²) in [5, 5.41) is 3.11. The van der Waals surface area contributed by atoms with Crippen molar-refractivity contribution in [2.24, 2.45) is 23.5 Å². The minimum atomic E-state index is 0.173. The summed E-state index contributed by atoms with van der Waals surface area (Å²) in [4.78, 5) is 14.6. The number of nitrogens with one attached hydrogen (secondary N) is 1. The molecule has 1 aliphatic heterocycles. The lowest BCUT2D eigenvalue weighted by Crippen LogP contribution is -2.41. The van der Waals surface area contributed by atoms with Gasteiger partial charge in [-0.3, -0.25) is 4.79 Å². The van der Waals surface area contributed by atoms with Crippen molar-refractivity contribution in [3.8, 4) is 0 Å². The lowest BCUT2D eigenvalue weighted by atomic mass is 9.95. The summed E-state index contributed by atoms with van der Waals surface area (Å²) in [5.41, 5.74) is 5.73. The summed E-state index contributed by atoms with van der Waals surface area (Å²) < 4.78 is 0. The molecule has 2 unspecified atom stereocenters. The van der Waals surface area contributed by atoms with E-state index in [4.69, 9.17) is 5.73 Å². The molecule has 110 valence electrons. The highest BCUT2D eigenvalue weighted by molar-refractivity contribution is 5.79. The molecule has 1 aliphatic carbocycles. The van der Waals surface area contributed by atoms with Crippen LogP contribution >= 0.6 is 0 Å². The van der Waals surface area contributed by atoms with Crippen LogP contribution in [-0.2, 0) is 4.79 Å².